The fourth-order valence-corrected chi connectivity index (χ4v) is 4.50. The molecule has 25 heavy (non-hydrogen) atoms. The third-order valence-electron chi connectivity index (χ3n) is 6.08. The van der Waals surface area contributed by atoms with Gasteiger partial charge in [-0.1, -0.05) is 45.6 Å². The van der Waals surface area contributed by atoms with E-state index in [1.165, 1.54) is 32.1 Å². The minimum atomic E-state index is -0.711. The van der Waals surface area contributed by atoms with Gasteiger partial charge in [-0.2, -0.15) is 0 Å². The van der Waals surface area contributed by atoms with Crippen molar-refractivity contribution in [2.45, 2.75) is 76.7 Å². The largest absolute Gasteiger partial charge is 0.481 e. The number of nitrogens with zero attached hydrogens (tertiary/aromatic N) is 1. The molecule has 0 saturated heterocycles. The average Bonchev–Trinajstić information content (AvgIpc) is 2.52. The van der Waals surface area contributed by atoms with Crippen molar-refractivity contribution < 1.29 is 9.90 Å². The Labute approximate surface area is 151 Å². The maximum atomic E-state index is 11.8. The lowest BCUT2D eigenvalue weighted by Crippen LogP contribution is -2.43. The van der Waals surface area contributed by atoms with Crippen LogP contribution in [0.3, 0.4) is 0 Å². The lowest BCUT2D eigenvalue weighted by Gasteiger charge is -2.40. The number of hydrogen-bond acceptors (Lipinski definition) is 3. The topological polar surface area (TPSA) is 66.6 Å². The van der Waals surface area contributed by atoms with Crippen molar-refractivity contribution in [1.29, 1.82) is 0 Å². The summed E-state index contributed by atoms with van der Waals surface area (Å²) < 4.78 is 0. The zero-order valence-corrected chi connectivity index (χ0v) is 15.6. The standard InChI is InChI=1S/C21H32N2O2/c1-15(2)14-23(17-7-4-3-5-8-17)19-10-9-16(13-18(19)22)21(20(24)25)11-6-12-21/h9-10,13,15,17H,3-8,11-12,14,22H2,1-2H3,(H,24,25). The molecule has 138 valence electrons. The Morgan fingerprint density at radius 1 is 1.24 bits per heavy atom. The van der Waals surface area contributed by atoms with Gasteiger partial charge in [0.15, 0.2) is 0 Å². The molecule has 0 atom stereocenters. The van der Waals surface area contributed by atoms with Gasteiger partial charge < -0.3 is 15.7 Å². The number of aliphatic carboxylic acids is 1. The van der Waals surface area contributed by atoms with E-state index in [4.69, 9.17) is 5.73 Å². The Bertz CT molecular complexity index is 616. The summed E-state index contributed by atoms with van der Waals surface area (Å²) in [5.41, 5.74) is 8.43. The predicted molar refractivity (Wildman–Crippen MR) is 103 cm³/mol. The summed E-state index contributed by atoms with van der Waals surface area (Å²) in [7, 11) is 0. The van der Waals surface area contributed by atoms with Crippen LogP contribution in [-0.4, -0.2) is 23.7 Å². The fraction of sp³-hybridized carbons (Fsp3) is 0.667. The Hall–Kier alpha value is -1.71. The molecule has 0 heterocycles. The van der Waals surface area contributed by atoms with Crippen LogP contribution in [0.2, 0.25) is 0 Å². The van der Waals surface area contributed by atoms with Crippen molar-refractivity contribution in [1.82, 2.24) is 0 Å². The minimum absolute atomic E-state index is 0.557. The zero-order valence-electron chi connectivity index (χ0n) is 15.6. The maximum absolute atomic E-state index is 11.8. The number of carboxylic acids is 1. The SMILES string of the molecule is CC(C)CN(c1ccc(C2(C(=O)O)CCC2)cc1N)C1CCCCC1. The number of benzene rings is 1. The molecule has 0 aliphatic heterocycles. The second kappa shape index (κ2) is 7.27. The van der Waals surface area contributed by atoms with Crippen LogP contribution in [0.15, 0.2) is 18.2 Å². The summed E-state index contributed by atoms with van der Waals surface area (Å²) in [5.74, 6) is -0.143. The highest BCUT2D eigenvalue weighted by Gasteiger charge is 2.46. The van der Waals surface area contributed by atoms with E-state index in [1.54, 1.807) is 0 Å². The quantitative estimate of drug-likeness (QED) is 0.742. The third kappa shape index (κ3) is 3.49. The monoisotopic (exact) mass is 344 g/mol. The summed E-state index contributed by atoms with van der Waals surface area (Å²) >= 11 is 0. The molecule has 3 rings (SSSR count). The summed E-state index contributed by atoms with van der Waals surface area (Å²) in [6, 6.07) is 6.57. The van der Waals surface area contributed by atoms with Gasteiger partial charge in [0.2, 0.25) is 0 Å². The first-order chi connectivity index (χ1) is 11.9. The molecule has 0 amide bonds. The van der Waals surface area contributed by atoms with Gasteiger partial charge in [0.05, 0.1) is 16.8 Å². The van der Waals surface area contributed by atoms with Crippen LogP contribution in [0.5, 0.6) is 0 Å². The first kappa shape index (κ1) is 18.1. The molecule has 1 aromatic rings. The van der Waals surface area contributed by atoms with Gasteiger partial charge in [0.25, 0.3) is 0 Å². The summed E-state index contributed by atoms with van der Waals surface area (Å²) in [5, 5.41) is 9.68. The zero-order chi connectivity index (χ0) is 18.0. The van der Waals surface area contributed by atoms with Gasteiger partial charge in [-0.05, 0) is 49.3 Å². The molecule has 0 radical (unpaired) electrons. The number of nitrogens with two attached hydrogens (primary N) is 1. The van der Waals surface area contributed by atoms with Gasteiger partial charge in [-0.25, -0.2) is 0 Å². The summed E-state index contributed by atoms with van der Waals surface area (Å²) in [4.78, 5) is 14.3. The Morgan fingerprint density at radius 3 is 2.40 bits per heavy atom. The molecule has 0 unspecified atom stereocenters. The Morgan fingerprint density at radius 2 is 1.92 bits per heavy atom. The van der Waals surface area contributed by atoms with E-state index in [2.05, 4.69) is 24.8 Å². The van der Waals surface area contributed by atoms with Crippen LogP contribution in [-0.2, 0) is 10.2 Å². The Balaban J connectivity index is 1.90. The van der Waals surface area contributed by atoms with Crippen LogP contribution in [0.1, 0.15) is 70.8 Å². The smallest absolute Gasteiger partial charge is 0.314 e. The van der Waals surface area contributed by atoms with Crippen LogP contribution in [0, 0.1) is 5.92 Å². The highest BCUT2D eigenvalue weighted by Crippen LogP contribution is 2.45. The molecule has 2 aliphatic carbocycles. The number of rotatable bonds is 6. The van der Waals surface area contributed by atoms with Gasteiger partial charge in [0, 0.05) is 12.6 Å². The van der Waals surface area contributed by atoms with Crippen molar-refractivity contribution in [3.05, 3.63) is 23.8 Å². The first-order valence-corrected chi connectivity index (χ1v) is 9.84. The van der Waals surface area contributed by atoms with E-state index in [1.807, 2.05) is 12.1 Å². The average molecular weight is 344 g/mol. The van der Waals surface area contributed by atoms with Crippen LogP contribution < -0.4 is 10.6 Å². The Kier molecular flexibility index (Phi) is 5.26. The molecule has 2 fully saturated rings. The fourth-order valence-electron chi connectivity index (χ4n) is 4.50. The first-order valence-electron chi connectivity index (χ1n) is 9.84. The van der Waals surface area contributed by atoms with Crippen molar-refractivity contribution in [3.63, 3.8) is 0 Å². The molecule has 0 spiro atoms. The molecule has 3 N–H and O–H groups in total. The highest BCUT2D eigenvalue weighted by atomic mass is 16.4. The molecule has 2 saturated carbocycles. The van der Waals surface area contributed by atoms with E-state index >= 15 is 0 Å². The molecule has 1 aromatic carbocycles. The number of hydrogen-bond donors (Lipinski definition) is 2. The molecule has 0 bridgehead atoms. The van der Waals surface area contributed by atoms with E-state index in [0.29, 0.717) is 12.0 Å². The minimum Gasteiger partial charge on any atom is -0.481 e. The number of carbonyl (C=O) groups is 1. The predicted octanol–water partition coefficient (Wildman–Crippen LogP) is 4.57. The van der Waals surface area contributed by atoms with Crippen molar-refractivity contribution in [2.24, 2.45) is 5.92 Å². The second-order valence-electron chi connectivity index (χ2n) is 8.35. The summed E-state index contributed by atoms with van der Waals surface area (Å²) in [6.07, 6.45) is 8.80. The number of anilines is 2. The van der Waals surface area contributed by atoms with E-state index in [-0.39, 0.29) is 0 Å². The number of nitrogen functional groups attached to an aromatic ring is 1. The van der Waals surface area contributed by atoms with E-state index in [9.17, 15) is 9.90 Å². The highest BCUT2D eigenvalue weighted by molar-refractivity contribution is 5.84. The lowest BCUT2D eigenvalue weighted by atomic mass is 9.64. The maximum Gasteiger partial charge on any atom is 0.314 e. The molecule has 4 heteroatoms. The van der Waals surface area contributed by atoms with E-state index < -0.39 is 11.4 Å². The molecule has 2 aliphatic rings. The van der Waals surface area contributed by atoms with Crippen molar-refractivity contribution >= 4 is 17.3 Å². The lowest BCUT2D eigenvalue weighted by molar-refractivity contribution is -0.147. The van der Waals surface area contributed by atoms with Crippen LogP contribution in [0.25, 0.3) is 0 Å². The molecule has 0 aromatic heterocycles. The van der Waals surface area contributed by atoms with Gasteiger partial charge in [-0.3, -0.25) is 4.79 Å². The molecule has 4 nitrogen and oxygen atoms in total. The van der Waals surface area contributed by atoms with Crippen molar-refractivity contribution in [2.75, 3.05) is 17.2 Å². The van der Waals surface area contributed by atoms with Gasteiger partial charge in [-0.15, -0.1) is 0 Å². The van der Waals surface area contributed by atoms with Crippen LogP contribution >= 0.6 is 0 Å². The van der Waals surface area contributed by atoms with Gasteiger partial charge >= 0.3 is 5.97 Å². The second-order valence-corrected chi connectivity index (χ2v) is 8.35. The molecular formula is C21H32N2O2. The third-order valence-corrected chi connectivity index (χ3v) is 6.08. The van der Waals surface area contributed by atoms with Crippen LogP contribution in [0.4, 0.5) is 11.4 Å². The summed E-state index contributed by atoms with van der Waals surface area (Å²) in [6.45, 7) is 5.49. The van der Waals surface area contributed by atoms with E-state index in [0.717, 1.165) is 42.7 Å². The number of carboxylic acid groups (broad SMARTS) is 1. The van der Waals surface area contributed by atoms with Crippen molar-refractivity contribution in [3.8, 4) is 0 Å². The van der Waals surface area contributed by atoms with Gasteiger partial charge in [0.1, 0.15) is 0 Å². The normalized spacial score (nSPS) is 20.3. The molecular weight excluding hydrogens is 312 g/mol.